The van der Waals surface area contributed by atoms with Crippen LogP contribution in [0.25, 0.3) is 0 Å². The molecule has 1 N–H and O–H groups in total. The number of anilines is 1. The Morgan fingerprint density at radius 3 is 2.37 bits per heavy atom. The number of nitrogens with zero attached hydrogens (tertiary/aromatic N) is 1. The van der Waals surface area contributed by atoms with Gasteiger partial charge in [0.15, 0.2) is 5.78 Å². The number of hydrogen-bond donors (Lipinski definition) is 1. The van der Waals surface area contributed by atoms with E-state index in [4.69, 9.17) is 0 Å². The van der Waals surface area contributed by atoms with Gasteiger partial charge in [-0.15, -0.1) is 0 Å². The predicted molar refractivity (Wildman–Crippen MR) is 116 cm³/mol. The Labute approximate surface area is 182 Å². The fourth-order valence-electron chi connectivity index (χ4n) is 3.77. The molecule has 3 aromatic rings. The molecule has 1 fully saturated rings. The number of aromatic hydroxyl groups is 1. The highest BCUT2D eigenvalue weighted by Gasteiger charge is 2.52. The molecule has 0 spiro atoms. The summed E-state index contributed by atoms with van der Waals surface area (Å²) in [5.74, 6) is -3.13. The maximum atomic E-state index is 13.3. The molecule has 1 heterocycles. The number of amides is 1. The minimum absolute atomic E-state index is 0.00440. The van der Waals surface area contributed by atoms with E-state index in [9.17, 15) is 19.5 Å². The Kier molecular flexibility index (Phi) is 5.26. The van der Waals surface area contributed by atoms with Gasteiger partial charge in [0.05, 0.1) is 6.04 Å². The van der Waals surface area contributed by atoms with Gasteiger partial charge in [-0.1, -0.05) is 64.5 Å². The number of aryl methyl sites for hydroxylation is 1. The number of carbonyl (C=O) groups excluding carboxylic acids is 3. The molecule has 2 atom stereocenters. The molecule has 1 aliphatic rings. The molecule has 6 heteroatoms. The summed E-state index contributed by atoms with van der Waals surface area (Å²) in [4.78, 5) is 40.8. The van der Waals surface area contributed by atoms with Crippen molar-refractivity contribution in [2.45, 2.75) is 13.0 Å². The highest BCUT2D eigenvalue weighted by Crippen LogP contribution is 2.42. The normalized spacial score (nSPS) is 18.7. The second kappa shape index (κ2) is 7.88. The molecule has 0 bridgehead atoms. The zero-order chi connectivity index (χ0) is 21.4. The summed E-state index contributed by atoms with van der Waals surface area (Å²) < 4.78 is 0.785. The molecule has 0 radical (unpaired) electrons. The van der Waals surface area contributed by atoms with E-state index in [1.54, 1.807) is 54.6 Å². The van der Waals surface area contributed by atoms with Gasteiger partial charge in [0.1, 0.15) is 11.7 Å². The summed E-state index contributed by atoms with van der Waals surface area (Å²) in [6.07, 6.45) is 0. The van der Waals surface area contributed by atoms with Crippen molar-refractivity contribution in [3.05, 3.63) is 94.0 Å². The summed E-state index contributed by atoms with van der Waals surface area (Å²) in [7, 11) is 0. The van der Waals surface area contributed by atoms with Crippen LogP contribution in [0.2, 0.25) is 0 Å². The number of phenols is 1. The molecule has 30 heavy (non-hydrogen) atoms. The van der Waals surface area contributed by atoms with E-state index in [-0.39, 0.29) is 5.75 Å². The summed E-state index contributed by atoms with van der Waals surface area (Å²) >= 11 is 3.47. The van der Waals surface area contributed by atoms with Crippen LogP contribution in [-0.2, 0) is 9.59 Å². The van der Waals surface area contributed by atoms with E-state index in [1.165, 1.54) is 17.0 Å². The first kappa shape index (κ1) is 20.0. The maximum absolute atomic E-state index is 13.3. The van der Waals surface area contributed by atoms with E-state index < -0.39 is 29.4 Å². The lowest BCUT2D eigenvalue weighted by Crippen LogP contribution is -2.30. The number of ketones is 2. The topological polar surface area (TPSA) is 74.7 Å². The third kappa shape index (κ3) is 3.44. The average molecular weight is 464 g/mol. The van der Waals surface area contributed by atoms with Crippen LogP contribution >= 0.6 is 15.9 Å². The average Bonchev–Trinajstić information content (AvgIpc) is 3.01. The van der Waals surface area contributed by atoms with E-state index in [2.05, 4.69) is 15.9 Å². The van der Waals surface area contributed by atoms with Crippen molar-refractivity contribution in [2.75, 3.05) is 4.90 Å². The van der Waals surface area contributed by atoms with E-state index in [0.717, 1.165) is 10.0 Å². The second-order valence-electron chi connectivity index (χ2n) is 7.22. The van der Waals surface area contributed by atoms with Gasteiger partial charge in [0.25, 0.3) is 5.91 Å². The van der Waals surface area contributed by atoms with Crippen molar-refractivity contribution in [1.29, 1.82) is 0 Å². The Balaban J connectivity index is 1.89. The van der Waals surface area contributed by atoms with Crippen LogP contribution in [0.15, 0.2) is 77.3 Å². The van der Waals surface area contributed by atoms with E-state index in [0.29, 0.717) is 16.8 Å². The van der Waals surface area contributed by atoms with Crippen molar-refractivity contribution < 1.29 is 19.5 Å². The monoisotopic (exact) mass is 463 g/mol. The fourth-order valence-corrected chi connectivity index (χ4v) is 4.14. The molecule has 1 saturated heterocycles. The van der Waals surface area contributed by atoms with Crippen molar-refractivity contribution in [2.24, 2.45) is 5.92 Å². The number of rotatable bonds is 4. The maximum Gasteiger partial charge on any atom is 0.295 e. The lowest BCUT2D eigenvalue weighted by atomic mass is 9.86. The van der Waals surface area contributed by atoms with Crippen LogP contribution < -0.4 is 4.90 Å². The molecule has 1 amide bonds. The van der Waals surface area contributed by atoms with Crippen LogP contribution in [0.4, 0.5) is 5.69 Å². The Hall–Kier alpha value is -3.25. The molecular weight excluding hydrogens is 446 g/mol. The Morgan fingerprint density at radius 2 is 1.70 bits per heavy atom. The van der Waals surface area contributed by atoms with E-state index >= 15 is 0 Å². The van der Waals surface area contributed by atoms with Gasteiger partial charge in [-0.05, 0) is 42.3 Å². The third-order valence-electron chi connectivity index (χ3n) is 5.29. The first-order valence-corrected chi connectivity index (χ1v) is 10.2. The molecule has 150 valence electrons. The Bertz CT molecular complexity index is 1160. The molecule has 2 unspecified atom stereocenters. The largest absolute Gasteiger partial charge is 0.508 e. The standard InChI is InChI=1S/C24H18BrNO4/c1-14-10-11-17(13-19(14)25)26-21(16-8-5-9-18(27)12-16)20(23(29)24(26)30)22(28)15-6-3-2-4-7-15/h2-13,20-21,27H,1H3. The first-order valence-electron chi connectivity index (χ1n) is 9.40. The second-order valence-corrected chi connectivity index (χ2v) is 8.08. The third-order valence-corrected chi connectivity index (χ3v) is 6.15. The summed E-state index contributed by atoms with van der Waals surface area (Å²) in [5, 5.41) is 10.0. The lowest BCUT2D eigenvalue weighted by molar-refractivity contribution is -0.135. The number of carbonyl (C=O) groups is 3. The van der Waals surface area contributed by atoms with Gasteiger partial charge >= 0.3 is 0 Å². The zero-order valence-corrected chi connectivity index (χ0v) is 17.7. The summed E-state index contributed by atoms with van der Waals surface area (Å²) in [6.45, 7) is 1.92. The molecule has 0 aliphatic carbocycles. The van der Waals surface area contributed by atoms with Crippen LogP contribution in [0.1, 0.15) is 27.5 Å². The minimum Gasteiger partial charge on any atom is -0.508 e. The lowest BCUT2D eigenvalue weighted by Gasteiger charge is -2.27. The number of phenolic OH excluding ortho intramolecular Hbond substituents is 1. The van der Waals surface area contributed by atoms with Gasteiger partial charge in [0.2, 0.25) is 5.78 Å². The number of Topliss-reactive ketones (excluding diaryl/α,β-unsaturated/α-hetero) is 2. The number of halogens is 1. The smallest absolute Gasteiger partial charge is 0.295 e. The molecule has 5 nitrogen and oxygen atoms in total. The summed E-state index contributed by atoms with van der Waals surface area (Å²) in [6, 6.07) is 19.3. The molecule has 3 aromatic carbocycles. The molecule has 0 saturated carbocycles. The molecular formula is C24H18BrNO4. The molecule has 1 aliphatic heterocycles. The number of benzene rings is 3. The quantitative estimate of drug-likeness (QED) is 0.348. The van der Waals surface area contributed by atoms with Crippen molar-refractivity contribution in [1.82, 2.24) is 0 Å². The van der Waals surface area contributed by atoms with Gasteiger partial charge < -0.3 is 5.11 Å². The predicted octanol–water partition coefficient (Wildman–Crippen LogP) is 4.62. The van der Waals surface area contributed by atoms with Gasteiger partial charge in [-0.2, -0.15) is 0 Å². The van der Waals surface area contributed by atoms with Crippen LogP contribution in [0, 0.1) is 12.8 Å². The molecule has 0 aromatic heterocycles. The number of hydrogen-bond acceptors (Lipinski definition) is 4. The highest BCUT2D eigenvalue weighted by atomic mass is 79.9. The zero-order valence-electron chi connectivity index (χ0n) is 16.1. The first-order chi connectivity index (χ1) is 14.4. The minimum atomic E-state index is -1.21. The van der Waals surface area contributed by atoms with Gasteiger partial charge in [0, 0.05) is 15.7 Å². The Morgan fingerprint density at radius 1 is 0.967 bits per heavy atom. The van der Waals surface area contributed by atoms with Crippen molar-refractivity contribution >= 4 is 39.1 Å². The van der Waals surface area contributed by atoms with Gasteiger partial charge in [-0.25, -0.2) is 0 Å². The SMILES string of the molecule is Cc1ccc(N2C(=O)C(=O)C(C(=O)c3ccccc3)C2c2cccc(O)c2)cc1Br. The van der Waals surface area contributed by atoms with Crippen molar-refractivity contribution in [3.8, 4) is 5.75 Å². The van der Waals surface area contributed by atoms with E-state index in [1.807, 2.05) is 13.0 Å². The fraction of sp³-hybridized carbons (Fsp3) is 0.125. The van der Waals surface area contributed by atoms with Crippen LogP contribution in [0.5, 0.6) is 5.75 Å². The summed E-state index contributed by atoms with van der Waals surface area (Å²) in [5.41, 5.74) is 2.35. The van der Waals surface area contributed by atoms with Crippen LogP contribution in [0.3, 0.4) is 0 Å². The van der Waals surface area contributed by atoms with Crippen LogP contribution in [-0.4, -0.2) is 22.6 Å². The van der Waals surface area contributed by atoms with Crippen molar-refractivity contribution in [3.63, 3.8) is 0 Å². The highest BCUT2D eigenvalue weighted by molar-refractivity contribution is 9.10. The van der Waals surface area contributed by atoms with Gasteiger partial charge in [-0.3, -0.25) is 19.3 Å². The molecule has 4 rings (SSSR count).